The van der Waals surface area contributed by atoms with E-state index in [4.69, 9.17) is 4.74 Å². The Morgan fingerprint density at radius 2 is 2.00 bits per heavy atom. The number of carbonyl (C=O) groups excluding carboxylic acids is 2. The Hall–Kier alpha value is -2.30. The fourth-order valence-corrected chi connectivity index (χ4v) is 1.82. The van der Waals surface area contributed by atoms with Crippen molar-refractivity contribution in [1.82, 2.24) is 9.88 Å². The van der Waals surface area contributed by atoms with Crippen LogP contribution in [0.1, 0.15) is 10.4 Å². The average Bonchev–Trinajstić information content (AvgIpc) is 2.80. The van der Waals surface area contributed by atoms with Crippen molar-refractivity contribution >= 4 is 22.6 Å². The number of fused-ring (bicyclic) bond motifs is 1. The Labute approximate surface area is 104 Å². The quantitative estimate of drug-likeness (QED) is 0.658. The zero-order valence-corrected chi connectivity index (χ0v) is 10.5. The summed E-state index contributed by atoms with van der Waals surface area (Å²) in [5.74, 6) is -0.527. The van der Waals surface area contributed by atoms with Crippen LogP contribution in [0.2, 0.25) is 0 Å². The maximum absolute atomic E-state index is 12.1. The topological polar surface area (TPSA) is 62.4 Å². The zero-order valence-electron chi connectivity index (χ0n) is 10.5. The van der Waals surface area contributed by atoms with Gasteiger partial charge in [-0.2, -0.15) is 0 Å². The Balaban J connectivity index is 2.59. The molecule has 0 saturated carbocycles. The molecule has 2 aromatic rings. The number of Topliss-reactive ketones (excluding diaryl/α,β-unsaturated/α-hetero) is 1. The SMILES string of the molecule is COc1cccc2[nH]cc(C(=O)C(=O)N(C)C)c12. The highest BCUT2D eigenvalue weighted by atomic mass is 16.5. The lowest BCUT2D eigenvalue weighted by atomic mass is 10.1. The maximum Gasteiger partial charge on any atom is 0.294 e. The molecule has 0 fully saturated rings. The minimum atomic E-state index is -0.554. The summed E-state index contributed by atoms with van der Waals surface area (Å²) in [6.07, 6.45) is 1.54. The number of benzene rings is 1. The number of ether oxygens (including phenoxy) is 1. The minimum absolute atomic E-state index is 0.334. The number of hydrogen-bond acceptors (Lipinski definition) is 3. The number of aromatic nitrogens is 1. The first kappa shape index (κ1) is 12.2. The first-order valence-corrected chi connectivity index (χ1v) is 5.46. The molecule has 0 bridgehead atoms. The van der Waals surface area contributed by atoms with E-state index in [1.54, 1.807) is 20.2 Å². The molecule has 0 unspecified atom stereocenters. The largest absolute Gasteiger partial charge is 0.496 e. The summed E-state index contributed by atoms with van der Waals surface area (Å²) in [5.41, 5.74) is 1.10. The summed E-state index contributed by atoms with van der Waals surface area (Å²) < 4.78 is 5.22. The van der Waals surface area contributed by atoms with Gasteiger partial charge in [0, 0.05) is 25.8 Å². The molecule has 0 spiro atoms. The van der Waals surface area contributed by atoms with Crippen LogP contribution in [0.15, 0.2) is 24.4 Å². The summed E-state index contributed by atoms with van der Waals surface area (Å²) in [5, 5.41) is 0.639. The van der Waals surface area contributed by atoms with E-state index in [9.17, 15) is 9.59 Å². The zero-order chi connectivity index (χ0) is 13.3. The number of hydrogen-bond donors (Lipinski definition) is 1. The normalized spacial score (nSPS) is 10.4. The Kier molecular flexibility index (Phi) is 3.06. The number of nitrogens with zero attached hydrogens (tertiary/aromatic N) is 1. The number of amides is 1. The summed E-state index contributed by atoms with van der Waals surface area (Å²) in [6.45, 7) is 0. The van der Waals surface area contributed by atoms with Crippen molar-refractivity contribution in [2.75, 3.05) is 21.2 Å². The molecule has 94 valence electrons. The summed E-state index contributed by atoms with van der Waals surface area (Å²) >= 11 is 0. The molecule has 1 aromatic heterocycles. The van der Waals surface area contributed by atoms with Crippen molar-refractivity contribution in [2.45, 2.75) is 0 Å². The highest BCUT2D eigenvalue weighted by Gasteiger charge is 2.23. The van der Waals surface area contributed by atoms with Gasteiger partial charge < -0.3 is 14.6 Å². The number of methoxy groups -OCH3 is 1. The third-order valence-corrected chi connectivity index (χ3v) is 2.73. The van der Waals surface area contributed by atoms with Crippen molar-refractivity contribution in [3.05, 3.63) is 30.0 Å². The van der Waals surface area contributed by atoms with E-state index in [1.165, 1.54) is 18.2 Å². The van der Waals surface area contributed by atoms with Crippen LogP contribution >= 0.6 is 0 Å². The Morgan fingerprint density at radius 1 is 1.28 bits per heavy atom. The first-order valence-electron chi connectivity index (χ1n) is 5.46. The predicted molar refractivity (Wildman–Crippen MR) is 67.9 cm³/mol. The number of carbonyl (C=O) groups is 2. The number of aromatic amines is 1. The second kappa shape index (κ2) is 4.52. The molecule has 1 aromatic carbocycles. The van der Waals surface area contributed by atoms with Gasteiger partial charge >= 0.3 is 0 Å². The molecule has 5 nitrogen and oxygen atoms in total. The summed E-state index contributed by atoms with van der Waals surface area (Å²) in [4.78, 5) is 28.0. The van der Waals surface area contributed by atoms with E-state index in [0.29, 0.717) is 16.7 Å². The molecule has 1 amide bonds. The van der Waals surface area contributed by atoms with E-state index in [-0.39, 0.29) is 0 Å². The lowest BCUT2D eigenvalue weighted by Gasteiger charge is -2.09. The van der Waals surface area contributed by atoms with Gasteiger partial charge in [0.2, 0.25) is 0 Å². The van der Waals surface area contributed by atoms with Crippen molar-refractivity contribution in [3.63, 3.8) is 0 Å². The van der Waals surface area contributed by atoms with Crippen LogP contribution in [0.4, 0.5) is 0 Å². The molecule has 2 rings (SSSR count). The van der Waals surface area contributed by atoms with Gasteiger partial charge in [-0.15, -0.1) is 0 Å². The van der Waals surface area contributed by atoms with E-state index in [0.717, 1.165) is 5.52 Å². The Morgan fingerprint density at radius 3 is 2.61 bits per heavy atom. The van der Waals surface area contributed by atoms with Crippen LogP contribution < -0.4 is 4.74 Å². The van der Waals surface area contributed by atoms with E-state index in [2.05, 4.69) is 4.98 Å². The summed E-state index contributed by atoms with van der Waals surface area (Å²) in [7, 11) is 4.63. The van der Waals surface area contributed by atoms with Crippen molar-refractivity contribution in [1.29, 1.82) is 0 Å². The second-order valence-corrected chi connectivity index (χ2v) is 4.11. The molecular weight excluding hydrogens is 232 g/mol. The number of nitrogens with one attached hydrogen (secondary N) is 1. The number of likely N-dealkylation sites (N-methyl/N-ethyl adjacent to an activating group) is 1. The van der Waals surface area contributed by atoms with Crippen LogP contribution in [0.3, 0.4) is 0 Å². The van der Waals surface area contributed by atoms with Gasteiger partial charge in [-0.05, 0) is 12.1 Å². The lowest BCUT2D eigenvalue weighted by Crippen LogP contribution is -2.29. The molecule has 5 heteroatoms. The van der Waals surface area contributed by atoms with Gasteiger partial charge in [-0.25, -0.2) is 0 Å². The molecular formula is C13H14N2O3. The monoisotopic (exact) mass is 246 g/mol. The van der Waals surface area contributed by atoms with Crippen molar-refractivity contribution in [3.8, 4) is 5.75 Å². The van der Waals surface area contributed by atoms with Crippen molar-refractivity contribution < 1.29 is 14.3 Å². The molecule has 1 heterocycles. The van der Waals surface area contributed by atoms with E-state index >= 15 is 0 Å². The van der Waals surface area contributed by atoms with Crippen LogP contribution in [-0.4, -0.2) is 42.8 Å². The third kappa shape index (κ3) is 1.84. The maximum atomic E-state index is 12.1. The van der Waals surface area contributed by atoms with Gasteiger partial charge in [-0.3, -0.25) is 9.59 Å². The second-order valence-electron chi connectivity index (χ2n) is 4.11. The fraction of sp³-hybridized carbons (Fsp3) is 0.231. The first-order chi connectivity index (χ1) is 8.56. The van der Waals surface area contributed by atoms with Gasteiger partial charge in [0.15, 0.2) is 0 Å². The predicted octanol–water partition coefficient (Wildman–Crippen LogP) is 1.45. The average molecular weight is 246 g/mol. The van der Waals surface area contributed by atoms with Crippen LogP contribution in [0.25, 0.3) is 10.9 Å². The molecule has 0 aliphatic rings. The molecule has 1 N–H and O–H groups in total. The van der Waals surface area contributed by atoms with Gasteiger partial charge in [0.25, 0.3) is 11.7 Å². The number of rotatable bonds is 3. The molecule has 0 saturated heterocycles. The highest BCUT2D eigenvalue weighted by molar-refractivity contribution is 6.45. The number of H-pyrrole nitrogens is 1. The molecule has 0 aliphatic carbocycles. The van der Waals surface area contributed by atoms with Crippen LogP contribution in [-0.2, 0) is 4.79 Å². The lowest BCUT2D eigenvalue weighted by molar-refractivity contribution is -0.124. The van der Waals surface area contributed by atoms with Crippen LogP contribution in [0.5, 0.6) is 5.75 Å². The molecule has 18 heavy (non-hydrogen) atoms. The standard InChI is InChI=1S/C13H14N2O3/c1-15(2)13(17)12(16)8-7-14-9-5-4-6-10(18-3)11(8)9/h4-7,14H,1-3H3. The minimum Gasteiger partial charge on any atom is -0.496 e. The van der Waals surface area contributed by atoms with Gasteiger partial charge in [0.1, 0.15) is 5.75 Å². The van der Waals surface area contributed by atoms with Gasteiger partial charge in [0.05, 0.1) is 18.1 Å². The molecule has 0 atom stereocenters. The molecule has 0 aliphatic heterocycles. The number of ketones is 1. The van der Waals surface area contributed by atoms with E-state index < -0.39 is 11.7 Å². The third-order valence-electron chi connectivity index (χ3n) is 2.73. The van der Waals surface area contributed by atoms with Crippen molar-refractivity contribution in [2.24, 2.45) is 0 Å². The van der Waals surface area contributed by atoms with E-state index in [1.807, 2.05) is 12.1 Å². The van der Waals surface area contributed by atoms with Crippen LogP contribution in [0, 0.1) is 0 Å². The molecule has 0 radical (unpaired) electrons. The smallest absolute Gasteiger partial charge is 0.294 e. The van der Waals surface area contributed by atoms with Gasteiger partial charge in [-0.1, -0.05) is 6.07 Å². The fourth-order valence-electron chi connectivity index (χ4n) is 1.82. The highest BCUT2D eigenvalue weighted by Crippen LogP contribution is 2.28. The Bertz CT molecular complexity index is 614. The summed E-state index contributed by atoms with van der Waals surface area (Å²) in [6, 6.07) is 5.40.